The molecule has 2 aromatic carbocycles. The van der Waals surface area contributed by atoms with E-state index in [-0.39, 0.29) is 12.7 Å². The van der Waals surface area contributed by atoms with Crippen molar-refractivity contribution in [2.45, 2.75) is 0 Å². The van der Waals surface area contributed by atoms with E-state index in [1.807, 2.05) is 48.5 Å². The van der Waals surface area contributed by atoms with Crippen LogP contribution in [0.3, 0.4) is 0 Å². The van der Waals surface area contributed by atoms with Gasteiger partial charge in [-0.05, 0) is 30.3 Å². The number of quaternary nitrogens is 1. The van der Waals surface area contributed by atoms with Gasteiger partial charge in [0.15, 0.2) is 11.5 Å². The quantitative estimate of drug-likeness (QED) is 0.668. The van der Waals surface area contributed by atoms with Crippen LogP contribution in [0, 0.1) is 0 Å². The minimum Gasteiger partial charge on any atom is -0.454 e. The third-order valence-electron chi connectivity index (χ3n) is 5.59. The van der Waals surface area contributed by atoms with Crippen molar-refractivity contribution in [3.8, 4) is 22.8 Å². The van der Waals surface area contributed by atoms with E-state index in [1.54, 1.807) is 0 Å². The van der Waals surface area contributed by atoms with Crippen molar-refractivity contribution in [1.29, 1.82) is 0 Å². The molecule has 154 valence electrons. The van der Waals surface area contributed by atoms with Gasteiger partial charge >= 0.3 is 0 Å². The third kappa shape index (κ3) is 3.81. The lowest BCUT2D eigenvalue weighted by Crippen LogP contribution is -3.14. The number of fused-ring (bicyclic) bond motifs is 2. The van der Waals surface area contributed by atoms with E-state index in [4.69, 9.17) is 19.2 Å². The van der Waals surface area contributed by atoms with Crippen LogP contribution in [0.1, 0.15) is 10.4 Å². The number of pyridine rings is 1. The van der Waals surface area contributed by atoms with Gasteiger partial charge in [0, 0.05) is 10.9 Å². The summed E-state index contributed by atoms with van der Waals surface area (Å²) in [6, 6.07) is 15.3. The number of ether oxygens (including phenoxy) is 3. The second-order valence-electron chi connectivity index (χ2n) is 7.51. The SMILES string of the molecule is O=C(NCC[NH+]1CCOCC1)c1cc(-c2ccc3c(c2)OCO3)nc2ccccc12. The molecule has 7 nitrogen and oxygen atoms in total. The van der Waals surface area contributed by atoms with Crippen LogP contribution >= 0.6 is 0 Å². The van der Waals surface area contributed by atoms with Crippen molar-refractivity contribution >= 4 is 16.8 Å². The molecule has 5 rings (SSSR count). The number of hydrogen-bond acceptors (Lipinski definition) is 5. The number of carbonyl (C=O) groups is 1. The fraction of sp³-hybridized carbons (Fsp3) is 0.304. The van der Waals surface area contributed by atoms with Gasteiger partial charge in [0.1, 0.15) is 13.1 Å². The van der Waals surface area contributed by atoms with Gasteiger partial charge in [0.05, 0.1) is 43.1 Å². The first-order valence-corrected chi connectivity index (χ1v) is 10.3. The summed E-state index contributed by atoms with van der Waals surface area (Å²) in [6.07, 6.45) is 0. The number of nitrogens with one attached hydrogen (secondary N) is 2. The molecule has 0 atom stereocenters. The second-order valence-corrected chi connectivity index (χ2v) is 7.51. The third-order valence-corrected chi connectivity index (χ3v) is 5.59. The van der Waals surface area contributed by atoms with Crippen LogP contribution in [0.2, 0.25) is 0 Å². The van der Waals surface area contributed by atoms with Crippen LogP contribution in [0.15, 0.2) is 48.5 Å². The summed E-state index contributed by atoms with van der Waals surface area (Å²) in [4.78, 5) is 19.3. The number of hydrogen-bond donors (Lipinski definition) is 2. The van der Waals surface area contributed by atoms with Gasteiger partial charge < -0.3 is 24.4 Å². The molecule has 2 N–H and O–H groups in total. The average Bonchev–Trinajstić information content (AvgIpc) is 3.27. The number of morpholine rings is 1. The summed E-state index contributed by atoms with van der Waals surface area (Å²) in [6.45, 7) is 5.30. The van der Waals surface area contributed by atoms with Crippen LogP contribution in [0.5, 0.6) is 11.5 Å². The van der Waals surface area contributed by atoms with E-state index in [9.17, 15) is 4.79 Å². The average molecular weight is 406 g/mol. The second kappa shape index (κ2) is 8.30. The summed E-state index contributed by atoms with van der Waals surface area (Å²) in [5, 5.41) is 3.93. The van der Waals surface area contributed by atoms with Gasteiger partial charge in [-0.25, -0.2) is 4.98 Å². The Hall–Kier alpha value is -3.16. The van der Waals surface area contributed by atoms with Crippen LogP contribution in [0.25, 0.3) is 22.2 Å². The number of benzene rings is 2. The van der Waals surface area contributed by atoms with E-state index in [2.05, 4.69) is 5.32 Å². The van der Waals surface area contributed by atoms with Crippen molar-refractivity contribution < 1.29 is 23.9 Å². The highest BCUT2D eigenvalue weighted by Crippen LogP contribution is 2.36. The van der Waals surface area contributed by atoms with Gasteiger partial charge in [-0.1, -0.05) is 18.2 Å². The van der Waals surface area contributed by atoms with Crippen molar-refractivity contribution in [2.24, 2.45) is 0 Å². The summed E-state index contributed by atoms with van der Waals surface area (Å²) in [5.41, 5.74) is 3.04. The molecule has 1 saturated heterocycles. The van der Waals surface area contributed by atoms with Crippen molar-refractivity contribution in [3.05, 3.63) is 54.1 Å². The molecule has 1 aromatic heterocycles. The zero-order chi connectivity index (χ0) is 20.3. The first-order chi connectivity index (χ1) is 14.8. The zero-order valence-electron chi connectivity index (χ0n) is 16.6. The molecular weight excluding hydrogens is 382 g/mol. The molecule has 0 radical (unpaired) electrons. The van der Waals surface area contributed by atoms with Crippen LogP contribution < -0.4 is 19.7 Å². The molecule has 2 aliphatic heterocycles. The minimum atomic E-state index is -0.0803. The highest BCUT2D eigenvalue weighted by atomic mass is 16.7. The molecule has 30 heavy (non-hydrogen) atoms. The highest BCUT2D eigenvalue weighted by molar-refractivity contribution is 6.07. The van der Waals surface area contributed by atoms with Crippen molar-refractivity contribution in [2.75, 3.05) is 46.2 Å². The summed E-state index contributed by atoms with van der Waals surface area (Å²) >= 11 is 0. The normalized spacial score (nSPS) is 16.0. The molecular formula is C23H24N3O4+. The van der Waals surface area contributed by atoms with Crippen LogP contribution in [0.4, 0.5) is 0 Å². The monoisotopic (exact) mass is 406 g/mol. The smallest absolute Gasteiger partial charge is 0.252 e. The number of nitrogens with zero attached hydrogens (tertiary/aromatic N) is 1. The molecule has 3 heterocycles. The topological polar surface area (TPSA) is 74.1 Å². The van der Waals surface area contributed by atoms with E-state index in [1.165, 1.54) is 4.90 Å². The lowest BCUT2D eigenvalue weighted by atomic mass is 10.0. The molecule has 0 unspecified atom stereocenters. The minimum absolute atomic E-state index is 0.0803. The fourth-order valence-corrected chi connectivity index (χ4v) is 3.93. The molecule has 0 saturated carbocycles. The highest BCUT2D eigenvalue weighted by Gasteiger charge is 2.18. The standard InChI is InChI=1S/C23H23N3O4/c27-23(24-7-8-26-9-11-28-12-10-26)18-14-20(25-19-4-2-1-3-17(18)19)16-5-6-21-22(13-16)30-15-29-21/h1-6,13-14H,7-12,15H2,(H,24,27)/p+1. The number of para-hydroxylation sites is 1. The predicted molar refractivity (Wildman–Crippen MR) is 112 cm³/mol. The van der Waals surface area contributed by atoms with Crippen molar-refractivity contribution in [3.63, 3.8) is 0 Å². The lowest BCUT2D eigenvalue weighted by Gasteiger charge is -2.23. The Morgan fingerprint density at radius 2 is 1.87 bits per heavy atom. The zero-order valence-corrected chi connectivity index (χ0v) is 16.6. The van der Waals surface area contributed by atoms with Crippen LogP contribution in [-0.2, 0) is 4.74 Å². The number of carbonyl (C=O) groups excluding carboxylic acids is 1. The van der Waals surface area contributed by atoms with E-state index in [0.717, 1.165) is 60.8 Å². The largest absolute Gasteiger partial charge is 0.454 e. The number of rotatable bonds is 5. The maximum atomic E-state index is 13.1. The summed E-state index contributed by atoms with van der Waals surface area (Å²) in [5.74, 6) is 1.34. The molecule has 7 heteroatoms. The molecule has 1 amide bonds. The molecule has 0 bridgehead atoms. The van der Waals surface area contributed by atoms with Gasteiger partial charge in [-0.15, -0.1) is 0 Å². The maximum Gasteiger partial charge on any atom is 0.252 e. The maximum absolute atomic E-state index is 13.1. The first kappa shape index (κ1) is 18.8. The van der Waals surface area contributed by atoms with Crippen molar-refractivity contribution in [1.82, 2.24) is 10.3 Å². The lowest BCUT2D eigenvalue weighted by molar-refractivity contribution is -0.906. The Kier molecular flexibility index (Phi) is 5.21. The van der Waals surface area contributed by atoms with E-state index in [0.29, 0.717) is 17.9 Å². The Balaban J connectivity index is 1.41. The Labute approximate surface area is 174 Å². The molecule has 1 fully saturated rings. The fourth-order valence-electron chi connectivity index (χ4n) is 3.93. The van der Waals surface area contributed by atoms with Gasteiger partial charge in [0.2, 0.25) is 6.79 Å². The Morgan fingerprint density at radius 3 is 2.77 bits per heavy atom. The molecule has 0 spiro atoms. The molecule has 2 aliphatic rings. The summed E-state index contributed by atoms with van der Waals surface area (Å²) < 4.78 is 16.3. The van der Waals surface area contributed by atoms with E-state index >= 15 is 0 Å². The number of amides is 1. The molecule has 3 aromatic rings. The van der Waals surface area contributed by atoms with Crippen LogP contribution in [-0.4, -0.2) is 57.1 Å². The Bertz CT molecular complexity index is 1080. The Morgan fingerprint density at radius 1 is 1.03 bits per heavy atom. The first-order valence-electron chi connectivity index (χ1n) is 10.3. The summed E-state index contributed by atoms with van der Waals surface area (Å²) in [7, 11) is 0. The van der Waals surface area contributed by atoms with E-state index < -0.39 is 0 Å². The van der Waals surface area contributed by atoms with Gasteiger partial charge in [0.25, 0.3) is 5.91 Å². The molecule has 0 aliphatic carbocycles. The van der Waals surface area contributed by atoms with Gasteiger partial charge in [-0.3, -0.25) is 4.79 Å². The van der Waals surface area contributed by atoms with Gasteiger partial charge in [-0.2, -0.15) is 0 Å². The number of aromatic nitrogens is 1. The predicted octanol–water partition coefficient (Wildman–Crippen LogP) is 1.28.